The number of alkyl halides is 1. The summed E-state index contributed by atoms with van der Waals surface area (Å²) in [6.45, 7) is -0.149. The Labute approximate surface area is 191 Å². The van der Waals surface area contributed by atoms with E-state index in [1.54, 1.807) is 6.07 Å². The van der Waals surface area contributed by atoms with Gasteiger partial charge in [-0.1, -0.05) is 29.3 Å². The molecule has 2 amide bonds. The summed E-state index contributed by atoms with van der Waals surface area (Å²) in [7, 11) is 0. The number of benzene rings is 1. The Balaban J connectivity index is 2.26. The van der Waals surface area contributed by atoms with E-state index in [0.717, 1.165) is 4.57 Å². The van der Waals surface area contributed by atoms with Crippen molar-refractivity contribution in [2.45, 2.75) is 25.4 Å². The number of hydrogen-bond acceptors (Lipinski definition) is 5. The van der Waals surface area contributed by atoms with Crippen LogP contribution in [0.2, 0.25) is 10.0 Å². The van der Waals surface area contributed by atoms with E-state index in [9.17, 15) is 28.4 Å². The Morgan fingerprint density at radius 3 is 2.31 bits per heavy atom. The normalized spacial score (nSPS) is 12.5. The smallest absolute Gasteiger partial charge is 0.305 e. The quantitative estimate of drug-likeness (QED) is 0.499. The maximum atomic E-state index is 12.8. The number of amides is 2. The molecule has 0 spiro atoms. The third-order valence-corrected chi connectivity index (χ3v) is 5.05. The van der Waals surface area contributed by atoms with Gasteiger partial charge in [0.05, 0.1) is 22.0 Å². The molecule has 0 aliphatic carbocycles. The Bertz CT molecular complexity index is 1100. The molecule has 1 heterocycles. The number of carbonyl (C=O) groups excluding carboxylic acids is 3. The number of hydrogen-bond donors (Lipinski definition) is 3. The fraction of sp³-hybridized carbons (Fsp3) is 0.250. The Morgan fingerprint density at radius 2 is 1.75 bits per heavy atom. The number of halogens is 3. The third kappa shape index (κ3) is 5.92. The molecule has 1 aromatic heterocycles. The number of aromatic nitrogens is 1. The Hall–Kier alpha value is -3.24. The number of Topliss-reactive ketones (excluding diaryl/α,β-unsaturated/α-hetero) is 1. The number of nitrogens with zero attached hydrogens (tertiary/aromatic N) is 1. The van der Waals surface area contributed by atoms with Gasteiger partial charge >= 0.3 is 5.97 Å². The van der Waals surface area contributed by atoms with Gasteiger partial charge < -0.3 is 20.3 Å². The summed E-state index contributed by atoms with van der Waals surface area (Å²) in [5, 5.41) is 13.5. The Morgan fingerprint density at radius 1 is 1.12 bits per heavy atom. The number of carboxylic acids is 1. The lowest BCUT2D eigenvalue weighted by molar-refractivity contribution is -0.140. The van der Waals surface area contributed by atoms with E-state index in [-0.39, 0.29) is 21.3 Å². The molecule has 9 nitrogen and oxygen atoms in total. The molecular weight excluding hydrogens is 468 g/mol. The van der Waals surface area contributed by atoms with Crippen LogP contribution >= 0.6 is 23.2 Å². The first-order valence-corrected chi connectivity index (χ1v) is 9.89. The SMILES string of the molecule is C[C@@H](C(=O)NC(CC(=O)O)C(=O)CF)n1cccc(NC(=O)c2c(Cl)cccc2Cl)c1=O. The summed E-state index contributed by atoms with van der Waals surface area (Å²) < 4.78 is 13.6. The lowest BCUT2D eigenvalue weighted by Crippen LogP contribution is -2.46. The summed E-state index contributed by atoms with van der Waals surface area (Å²) >= 11 is 12.0. The Kier molecular flexibility index (Phi) is 8.50. The van der Waals surface area contributed by atoms with Gasteiger partial charge in [0.25, 0.3) is 11.5 Å². The molecule has 0 bridgehead atoms. The van der Waals surface area contributed by atoms with Crippen LogP contribution in [0.25, 0.3) is 0 Å². The van der Waals surface area contributed by atoms with Gasteiger partial charge in [-0.05, 0) is 31.2 Å². The van der Waals surface area contributed by atoms with Gasteiger partial charge in [-0.15, -0.1) is 0 Å². The number of rotatable bonds is 9. The van der Waals surface area contributed by atoms with Crippen LogP contribution in [-0.4, -0.2) is 46.0 Å². The van der Waals surface area contributed by atoms with Crippen molar-refractivity contribution in [3.63, 3.8) is 0 Å². The molecule has 2 aromatic rings. The molecule has 0 fully saturated rings. The van der Waals surface area contributed by atoms with Crippen molar-refractivity contribution in [1.82, 2.24) is 9.88 Å². The van der Waals surface area contributed by atoms with Crippen molar-refractivity contribution >= 4 is 52.5 Å². The minimum atomic E-state index is -1.59. The summed E-state index contributed by atoms with van der Waals surface area (Å²) in [6, 6.07) is 4.32. The maximum Gasteiger partial charge on any atom is 0.305 e. The molecule has 0 aliphatic rings. The van der Waals surface area contributed by atoms with E-state index >= 15 is 0 Å². The highest BCUT2D eigenvalue weighted by Gasteiger charge is 2.27. The second kappa shape index (κ2) is 10.9. The van der Waals surface area contributed by atoms with Crippen molar-refractivity contribution in [2.75, 3.05) is 12.0 Å². The molecule has 0 radical (unpaired) electrons. The monoisotopic (exact) mass is 485 g/mol. The van der Waals surface area contributed by atoms with Gasteiger partial charge in [0.2, 0.25) is 5.91 Å². The first-order chi connectivity index (χ1) is 15.1. The average molecular weight is 486 g/mol. The summed E-state index contributed by atoms with van der Waals surface area (Å²) in [5.74, 6) is -4.16. The lowest BCUT2D eigenvalue weighted by Gasteiger charge is -2.20. The molecule has 0 saturated carbocycles. The van der Waals surface area contributed by atoms with Crippen LogP contribution in [0.3, 0.4) is 0 Å². The van der Waals surface area contributed by atoms with Crippen LogP contribution in [0.5, 0.6) is 0 Å². The molecule has 0 aliphatic heterocycles. The van der Waals surface area contributed by atoms with Crippen LogP contribution in [0.4, 0.5) is 10.1 Å². The van der Waals surface area contributed by atoms with Crippen LogP contribution in [0.15, 0.2) is 41.3 Å². The second-order valence-corrected chi connectivity index (χ2v) is 7.43. The van der Waals surface area contributed by atoms with Gasteiger partial charge in [0.15, 0.2) is 5.78 Å². The van der Waals surface area contributed by atoms with Crippen LogP contribution < -0.4 is 16.2 Å². The zero-order chi connectivity index (χ0) is 24.0. The molecule has 12 heteroatoms. The lowest BCUT2D eigenvalue weighted by atomic mass is 10.1. The number of nitrogens with one attached hydrogen (secondary N) is 2. The first-order valence-electron chi connectivity index (χ1n) is 9.14. The minimum Gasteiger partial charge on any atom is -0.481 e. The fourth-order valence-electron chi connectivity index (χ4n) is 2.74. The number of pyridine rings is 1. The molecular formula is C20H18Cl2FN3O6. The zero-order valence-corrected chi connectivity index (χ0v) is 18.1. The van der Waals surface area contributed by atoms with Gasteiger partial charge in [-0.3, -0.25) is 24.0 Å². The van der Waals surface area contributed by atoms with Crippen molar-refractivity contribution in [3.05, 3.63) is 62.5 Å². The van der Waals surface area contributed by atoms with E-state index in [4.69, 9.17) is 28.3 Å². The minimum absolute atomic E-state index is 0.0438. The first kappa shape index (κ1) is 25.0. The third-order valence-electron chi connectivity index (χ3n) is 4.42. The number of anilines is 1. The number of carbonyl (C=O) groups is 4. The van der Waals surface area contributed by atoms with E-state index < -0.39 is 54.3 Å². The topological polar surface area (TPSA) is 135 Å². The average Bonchev–Trinajstić information content (AvgIpc) is 2.73. The zero-order valence-electron chi connectivity index (χ0n) is 16.6. The van der Waals surface area contributed by atoms with Gasteiger partial charge in [0.1, 0.15) is 24.4 Å². The molecule has 170 valence electrons. The highest BCUT2D eigenvalue weighted by molar-refractivity contribution is 6.40. The van der Waals surface area contributed by atoms with Gasteiger partial charge in [-0.2, -0.15) is 0 Å². The molecule has 1 unspecified atom stereocenters. The fourth-order valence-corrected chi connectivity index (χ4v) is 3.31. The highest BCUT2D eigenvalue weighted by atomic mass is 35.5. The summed E-state index contributed by atoms with van der Waals surface area (Å²) in [4.78, 5) is 60.3. The van der Waals surface area contributed by atoms with Crippen LogP contribution in [0, 0.1) is 0 Å². The number of carboxylic acid groups (broad SMARTS) is 1. The number of ketones is 1. The largest absolute Gasteiger partial charge is 0.481 e. The molecule has 2 rings (SSSR count). The number of aliphatic carboxylic acids is 1. The van der Waals surface area contributed by atoms with E-state index in [0.29, 0.717) is 0 Å². The predicted molar refractivity (Wildman–Crippen MR) is 115 cm³/mol. The van der Waals surface area contributed by atoms with E-state index in [1.165, 1.54) is 37.4 Å². The molecule has 32 heavy (non-hydrogen) atoms. The summed E-state index contributed by atoms with van der Waals surface area (Å²) in [6.07, 6.45) is 0.443. The molecule has 1 aromatic carbocycles. The van der Waals surface area contributed by atoms with Gasteiger partial charge in [-0.25, -0.2) is 4.39 Å². The van der Waals surface area contributed by atoms with Crippen LogP contribution in [0.1, 0.15) is 29.7 Å². The van der Waals surface area contributed by atoms with E-state index in [1.807, 2.05) is 0 Å². The molecule has 3 N–H and O–H groups in total. The molecule has 0 saturated heterocycles. The van der Waals surface area contributed by atoms with Crippen molar-refractivity contribution < 1.29 is 28.7 Å². The van der Waals surface area contributed by atoms with E-state index in [2.05, 4.69) is 10.6 Å². The standard InChI is InChI=1S/C20H18Cl2FN3O6/c1-10(18(30)25-14(8-16(28)29)15(27)9-23)26-7-3-6-13(20(26)32)24-19(31)17-11(21)4-2-5-12(17)22/h2-7,10,14H,8-9H2,1H3,(H,24,31)(H,25,30)(H,28,29)/t10-,14?/m0/s1. The maximum absolute atomic E-state index is 12.8. The second-order valence-electron chi connectivity index (χ2n) is 6.62. The highest BCUT2D eigenvalue weighted by Crippen LogP contribution is 2.25. The van der Waals surface area contributed by atoms with Crippen molar-refractivity contribution in [1.29, 1.82) is 0 Å². The van der Waals surface area contributed by atoms with Crippen LogP contribution in [-0.2, 0) is 14.4 Å². The predicted octanol–water partition coefficient (Wildman–Crippen LogP) is 2.47. The van der Waals surface area contributed by atoms with Gasteiger partial charge in [0, 0.05) is 6.20 Å². The van der Waals surface area contributed by atoms with Crippen molar-refractivity contribution in [2.24, 2.45) is 0 Å². The molecule has 2 atom stereocenters. The summed E-state index contributed by atoms with van der Waals surface area (Å²) in [5.41, 5.74) is -0.994. The van der Waals surface area contributed by atoms with Crippen molar-refractivity contribution in [3.8, 4) is 0 Å².